The minimum Gasteiger partial charge on any atom is -0.348 e. The maximum Gasteiger partial charge on any atom is 0.252 e. The molecule has 0 aliphatic heterocycles. The Balaban J connectivity index is 1.80. The summed E-state index contributed by atoms with van der Waals surface area (Å²) in [6.07, 6.45) is 3.13. The molecule has 1 atom stereocenters. The van der Waals surface area contributed by atoms with Crippen LogP contribution in [0.1, 0.15) is 22.8 Å². The smallest absolute Gasteiger partial charge is 0.252 e. The van der Waals surface area contributed by atoms with Gasteiger partial charge in [0.1, 0.15) is 12.7 Å². The summed E-state index contributed by atoms with van der Waals surface area (Å²) in [5.41, 5.74) is 3.83. The van der Waals surface area contributed by atoms with Crippen LogP contribution in [0.3, 0.4) is 0 Å². The van der Waals surface area contributed by atoms with Gasteiger partial charge < -0.3 is 5.32 Å². The molecule has 0 fully saturated rings. The van der Waals surface area contributed by atoms with Crippen LogP contribution in [0.4, 0.5) is 0 Å². The largest absolute Gasteiger partial charge is 0.348 e. The van der Waals surface area contributed by atoms with E-state index in [9.17, 15) is 4.79 Å². The molecule has 0 saturated heterocycles. The van der Waals surface area contributed by atoms with Crippen LogP contribution < -0.4 is 5.32 Å². The molecule has 3 rings (SSSR count). The standard InChI is InChI=1S/C19H20N4O/c1-14-6-5-7-16(10-14)17-8-3-4-9-18(17)19(24)22-15(2)11-23-13-20-12-21-23/h3-10,12-13,15H,11H2,1-2H3,(H,22,24)/t15-/m1/s1. The highest BCUT2D eigenvalue weighted by molar-refractivity contribution is 6.01. The number of carbonyl (C=O) groups is 1. The van der Waals surface area contributed by atoms with E-state index in [4.69, 9.17) is 0 Å². The lowest BCUT2D eigenvalue weighted by Gasteiger charge is -2.16. The van der Waals surface area contributed by atoms with Gasteiger partial charge in [-0.15, -0.1) is 0 Å². The molecule has 0 saturated carbocycles. The fourth-order valence-corrected chi connectivity index (χ4v) is 2.70. The Hall–Kier alpha value is -2.95. The first-order valence-electron chi connectivity index (χ1n) is 7.93. The molecular weight excluding hydrogens is 300 g/mol. The van der Waals surface area contributed by atoms with Crippen LogP contribution in [0.2, 0.25) is 0 Å². The molecule has 0 radical (unpaired) electrons. The van der Waals surface area contributed by atoms with Crippen molar-refractivity contribution in [1.82, 2.24) is 20.1 Å². The lowest BCUT2D eigenvalue weighted by molar-refractivity contribution is 0.0936. The van der Waals surface area contributed by atoms with Crippen molar-refractivity contribution in [2.45, 2.75) is 26.4 Å². The van der Waals surface area contributed by atoms with E-state index in [1.165, 1.54) is 11.9 Å². The van der Waals surface area contributed by atoms with Crippen molar-refractivity contribution in [1.29, 1.82) is 0 Å². The van der Waals surface area contributed by atoms with Gasteiger partial charge in [0.25, 0.3) is 5.91 Å². The Kier molecular flexibility index (Phi) is 4.70. The summed E-state index contributed by atoms with van der Waals surface area (Å²) in [7, 11) is 0. The quantitative estimate of drug-likeness (QED) is 0.786. The highest BCUT2D eigenvalue weighted by Gasteiger charge is 2.15. The lowest BCUT2D eigenvalue weighted by Crippen LogP contribution is -2.36. The van der Waals surface area contributed by atoms with Crippen molar-refractivity contribution in [2.75, 3.05) is 0 Å². The van der Waals surface area contributed by atoms with E-state index in [1.807, 2.05) is 56.3 Å². The lowest BCUT2D eigenvalue weighted by atomic mass is 9.98. The number of hydrogen-bond acceptors (Lipinski definition) is 3. The molecule has 1 aromatic heterocycles. The molecule has 5 nitrogen and oxygen atoms in total. The summed E-state index contributed by atoms with van der Waals surface area (Å²) in [4.78, 5) is 16.6. The Bertz CT molecular complexity index is 827. The summed E-state index contributed by atoms with van der Waals surface area (Å²) in [6.45, 7) is 4.58. The summed E-state index contributed by atoms with van der Waals surface area (Å²) in [6, 6.07) is 15.8. The van der Waals surface area contributed by atoms with Gasteiger partial charge in [-0.25, -0.2) is 4.98 Å². The second-order valence-corrected chi connectivity index (χ2v) is 5.91. The second-order valence-electron chi connectivity index (χ2n) is 5.91. The van der Waals surface area contributed by atoms with Gasteiger partial charge in [-0.2, -0.15) is 5.10 Å². The van der Waals surface area contributed by atoms with Crippen molar-refractivity contribution in [3.8, 4) is 11.1 Å². The first-order chi connectivity index (χ1) is 11.6. The van der Waals surface area contributed by atoms with Gasteiger partial charge in [0.05, 0.1) is 6.54 Å². The van der Waals surface area contributed by atoms with Gasteiger partial charge in [-0.05, 0) is 31.0 Å². The number of benzene rings is 2. The Morgan fingerprint density at radius 3 is 2.79 bits per heavy atom. The summed E-state index contributed by atoms with van der Waals surface area (Å²) in [5, 5.41) is 7.10. The van der Waals surface area contributed by atoms with Crippen molar-refractivity contribution in [3.63, 3.8) is 0 Å². The van der Waals surface area contributed by atoms with E-state index in [0.29, 0.717) is 12.1 Å². The van der Waals surface area contributed by atoms with Gasteiger partial charge in [0.15, 0.2) is 0 Å². The zero-order valence-electron chi connectivity index (χ0n) is 13.8. The average Bonchev–Trinajstić information content (AvgIpc) is 3.07. The van der Waals surface area contributed by atoms with Crippen LogP contribution in [0, 0.1) is 6.92 Å². The zero-order chi connectivity index (χ0) is 16.9. The molecule has 0 aliphatic carbocycles. The van der Waals surface area contributed by atoms with Crippen LogP contribution >= 0.6 is 0 Å². The van der Waals surface area contributed by atoms with Crippen molar-refractivity contribution < 1.29 is 4.79 Å². The van der Waals surface area contributed by atoms with E-state index >= 15 is 0 Å². The highest BCUT2D eigenvalue weighted by Crippen LogP contribution is 2.24. The topological polar surface area (TPSA) is 59.8 Å². The number of carbonyl (C=O) groups excluding carboxylic acids is 1. The molecule has 2 aromatic carbocycles. The molecule has 122 valence electrons. The third kappa shape index (κ3) is 3.68. The van der Waals surface area contributed by atoms with Gasteiger partial charge in [0, 0.05) is 11.6 Å². The summed E-state index contributed by atoms with van der Waals surface area (Å²) in [5.74, 6) is -0.0836. The average molecular weight is 320 g/mol. The minimum atomic E-state index is -0.0836. The maximum absolute atomic E-state index is 12.7. The maximum atomic E-state index is 12.7. The van der Waals surface area contributed by atoms with Gasteiger partial charge in [-0.3, -0.25) is 9.48 Å². The number of hydrogen-bond donors (Lipinski definition) is 1. The van der Waals surface area contributed by atoms with E-state index in [2.05, 4.69) is 21.5 Å². The third-order valence-electron chi connectivity index (χ3n) is 3.81. The normalized spacial score (nSPS) is 11.9. The molecule has 0 bridgehead atoms. The van der Waals surface area contributed by atoms with E-state index in [-0.39, 0.29) is 11.9 Å². The predicted molar refractivity (Wildman–Crippen MR) is 93.6 cm³/mol. The summed E-state index contributed by atoms with van der Waals surface area (Å²) < 4.78 is 1.71. The van der Waals surface area contributed by atoms with Crippen molar-refractivity contribution in [3.05, 3.63) is 72.3 Å². The van der Waals surface area contributed by atoms with Crippen LogP contribution in [-0.2, 0) is 6.54 Å². The zero-order valence-corrected chi connectivity index (χ0v) is 13.8. The van der Waals surface area contributed by atoms with E-state index in [1.54, 1.807) is 11.0 Å². The van der Waals surface area contributed by atoms with Crippen LogP contribution in [0.25, 0.3) is 11.1 Å². The van der Waals surface area contributed by atoms with Gasteiger partial charge in [0.2, 0.25) is 0 Å². The number of nitrogens with zero attached hydrogens (tertiary/aromatic N) is 3. The number of aromatic nitrogens is 3. The molecule has 0 spiro atoms. The fourth-order valence-electron chi connectivity index (χ4n) is 2.70. The molecule has 5 heteroatoms. The third-order valence-corrected chi connectivity index (χ3v) is 3.81. The number of aryl methyl sites for hydroxylation is 1. The van der Waals surface area contributed by atoms with Crippen molar-refractivity contribution in [2.24, 2.45) is 0 Å². The second kappa shape index (κ2) is 7.08. The predicted octanol–water partition coefficient (Wildman–Crippen LogP) is 3.07. The Labute approximate surface area is 141 Å². The van der Waals surface area contributed by atoms with Crippen LogP contribution in [0.5, 0.6) is 0 Å². The van der Waals surface area contributed by atoms with Crippen LogP contribution in [0.15, 0.2) is 61.2 Å². The van der Waals surface area contributed by atoms with Gasteiger partial charge in [-0.1, -0.05) is 48.0 Å². The van der Waals surface area contributed by atoms with E-state index in [0.717, 1.165) is 11.1 Å². The molecule has 1 amide bonds. The fraction of sp³-hybridized carbons (Fsp3) is 0.211. The molecule has 0 aliphatic rings. The Morgan fingerprint density at radius 1 is 1.21 bits per heavy atom. The molecular formula is C19H20N4O. The molecule has 24 heavy (non-hydrogen) atoms. The number of rotatable bonds is 5. The monoisotopic (exact) mass is 320 g/mol. The first kappa shape index (κ1) is 15.9. The Morgan fingerprint density at radius 2 is 2.04 bits per heavy atom. The number of nitrogens with one attached hydrogen (secondary N) is 1. The van der Waals surface area contributed by atoms with Crippen molar-refractivity contribution >= 4 is 5.91 Å². The molecule has 1 N–H and O–H groups in total. The number of amides is 1. The van der Waals surface area contributed by atoms with E-state index < -0.39 is 0 Å². The minimum absolute atomic E-state index is 0.0511. The first-order valence-corrected chi connectivity index (χ1v) is 7.93. The molecule has 0 unspecified atom stereocenters. The van der Waals surface area contributed by atoms with Crippen LogP contribution in [-0.4, -0.2) is 26.7 Å². The SMILES string of the molecule is Cc1cccc(-c2ccccc2C(=O)N[C@H](C)Cn2cncn2)c1. The summed E-state index contributed by atoms with van der Waals surface area (Å²) >= 11 is 0. The van der Waals surface area contributed by atoms with Gasteiger partial charge >= 0.3 is 0 Å². The molecule has 1 heterocycles. The molecule has 3 aromatic rings. The highest BCUT2D eigenvalue weighted by atomic mass is 16.1.